The summed E-state index contributed by atoms with van der Waals surface area (Å²) >= 11 is 0. The van der Waals surface area contributed by atoms with Crippen LogP contribution in [0.5, 0.6) is 0 Å². The predicted octanol–water partition coefficient (Wildman–Crippen LogP) is -1.20. The fraction of sp³-hybridized carbons (Fsp3) is 0.600. The SMILES string of the molecule is Cc1ccn([C@@H]2O[C@@](CO)(N=[N+]=[N-])[C@@H](O)[C@H]2O)c(=O)n1. The van der Waals surface area contributed by atoms with Crippen molar-refractivity contribution in [2.24, 2.45) is 5.11 Å². The molecule has 2 rings (SSSR count). The van der Waals surface area contributed by atoms with Crippen molar-refractivity contribution in [2.75, 3.05) is 6.61 Å². The highest BCUT2D eigenvalue weighted by Gasteiger charge is 2.54. The Hall–Kier alpha value is -1.97. The first-order chi connectivity index (χ1) is 9.45. The van der Waals surface area contributed by atoms with Crippen LogP contribution in [-0.4, -0.2) is 49.4 Å². The van der Waals surface area contributed by atoms with Crippen LogP contribution in [0.3, 0.4) is 0 Å². The quantitative estimate of drug-likeness (QED) is 0.359. The maximum absolute atomic E-state index is 11.7. The number of hydrogen-bond acceptors (Lipinski definition) is 7. The van der Waals surface area contributed by atoms with Crippen molar-refractivity contribution in [3.05, 3.63) is 38.9 Å². The summed E-state index contributed by atoms with van der Waals surface area (Å²) in [6.45, 7) is 0.768. The number of rotatable bonds is 3. The van der Waals surface area contributed by atoms with E-state index in [1.54, 1.807) is 6.92 Å². The van der Waals surface area contributed by atoms with Gasteiger partial charge in [0.05, 0.1) is 6.61 Å². The lowest BCUT2D eigenvalue weighted by Crippen LogP contribution is -2.44. The van der Waals surface area contributed by atoms with Gasteiger partial charge in [0, 0.05) is 16.8 Å². The van der Waals surface area contributed by atoms with E-state index in [4.69, 9.17) is 10.3 Å². The predicted molar refractivity (Wildman–Crippen MR) is 64.3 cm³/mol. The molecule has 10 heteroatoms. The number of aryl methyl sites for hydroxylation is 1. The molecule has 0 unspecified atom stereocenters. The monoisotopic (exact) mass is 283 g/mol. The Morgan fingerprint density at radius 3 is 2.90 bits per heavy atom. The average molecular weight is 283 g/mol. The molecule has 0 aliphatic carbocycles. The molecule has 0 radical (unpaired) electrons. The van der Waals surface area contributed by atoms with Crippen molar-refractivity contribution in [1.29, 1.82) is 0 Å². The van der Waals surface area contributed by atoms with Crippen LogP contribution >= 0.6 is 0 Å². The summed E-state index contributed by atoms with van der Waals surface area (Å²) in [5, 5.41) is 32.3. The van der Waals surface area contributed by atoms with Crippen LogP contribution in [0.25, 0.3) is 10.4 Å². The molecule has 10 nitrogen and oxygen atoms in total. The molecule has 0 saturated carbocycles. The van der Waals surface area contributed by atoms with Crippen molar-refractivity contribution in [2.45, 2.75) is 31.1 Å². The number of aliphatic hydroxyl groups is 3. The molecule has 1 fully saturated rings. The van der Waals surface area contributed by atoms with E-state index in [1.807, 2.05) is 0 Å². The molecule has 1 aliphatic rings. The molecule has 20 heavy (non-hydrogen) atoms. The van der Waals surface area contributed by atoms with E-state index < -0.39 is 36.5 Å². The van der Waals surface area contributed by atoms with Crippen molar-refractivity contribution < 1.29 is 20.1 Å². The smallest absolute Gasteiger partial charge is 0.349 e. The minimum atomic E-state index is -2.04. The molecule has 0 spiro atoms. The third-order valence-electron chi connectivity index (χ3n) is 3.09. The third-order valence-corrected chi connectivity index (χ3v) is 3.09. The Kier molecular flexibility index (Phi) is 3.75. The molecule has 1 aromatic rings. The van der Waals surface area contributed by atoms with Crippen LogP contribution in [0, 0.1) is 6.92 Å². The minimum Gasteiger partial charge on any atom is -0.393 e. The average Bonchev–Trinajstić information content (AvgIpc) is 2.65. The first-order valence-corrected chi connectivity index (χ1v) is 5.72. The molecule has 1 aromatic heterocycles. The molecule has 0 aromatic carbocycles. The molecule has 1 aliphatic heterocycles. The van der Waals surface area contributed by atoms with Gasteiger partial charge < -0.3 is 20.1 Å². The maximum atomic E-state index is 11.7. The number of hydrogen-bond donors (Lipinski definition) is 3. The van der Waals surface area contributed by atoms with E-state index in [0.29, 0.717) is 5.69 Å². The van der Waals surface area contributed by atoms with Crippen LogP contribution in [0.2, 0.25) is 0 Å². The van der Waals surface area contributed by atoms with E-state index >= 15 is 0 Å². The van der Waals surface area contributed by atoms with Gasteiger partial charge in [-0.15, -0.1) is 0 Å². The zero-order valence-corrected chi connectivity index (χ0v) is 10.5. The summed E-state index contributed by atoms with van der Waals surface area (Å²) in [6, 6.07) is 1.51. The maximum Gasteiger partial charge on any atom is 0.349 e. The van der Waals surface area contributed by atoms with Crippen LogP contribution in [-0.2, 0) is 4.74 Å². The second-order valence-corrected chi connectivity index (χ2v) is 4.39. The lowest BCUT2D eigenvalue weighted by atomic mass is 10.1. The van der Waals surface area contributed by atoms with E-state index in [2.05, 4.69) is 15.0 Å². The number of aromatic nitrogens is 2. The highest BCUT2D eigenvalue weighted by atomic mass is 16.6. The van der Waals surface area contributed by atoms with Gasteiger partial charge in [-0.05, 0) is 18.5 Å². The molecule has 1 saturated heterocycles. The number of ether oxygens (including phenoxy) is 1. The van der Waals surface area contributed by atoms with Crippen molar-refractivity contribution in [3.63, 3.8) is 0 Å². The molecular formula is C10H13N5O5. The van der Waals surface area contributed by atoms with Gasteiger partial charge in [-0.3, -0.25) is 4.57 Å². The number of nitrogens with zero attached hydrogens (tertiary/aromatic N) is 5. The summed E-state index contributed by atoms with van der Waals surface area (Å²) in [5.41, 5.74) is 6.21. The zero-order valence-electron chi connectivity index (χ0n) is 10.5. The summed E-state index contributed by atoms with van der Waals surface area (Å²) < 4.78 is 6.17. The largest absolute Gasteiger partial charge is 0.393 e. The molecular weight excluding hydrogens is 270 g/mol. The number of aliphatic hydroxyl groups excluding tert-OH is 3. The van der Waals surface area contributed by atoms with Crippen molar-refractivity contribution >= 4 is 0 Å². The van der Waals surface area contributed by atoms with Gasteiger partial charge >= 0.3 is 5.69 Å². The fourth-order valence-electron chi connectivity index (χ4n) is 2.00. The van der Waals surface area contributed by atoms with Crippen LogP contribution in [0.15, 0.2) is 22.2 Å². The van der Waals surface area contributed by atoms with Crippen LogP contribution in [0.4, 0.5) is 0 Å². The Morgan fingerprint density at radius 1 is 1.65 bits per heavy atom. The van der Waals surface area contributed by atoms with E-state index in [0.717, 1.165) is 4.57 Å². The van der Waals surface area contributed by atoms with Crippen molar-refractivity contribution in [3.8, 4) is 0 Å². The molecule has 0 amide bonds. The fourth-order valence-corrected chi connectivity index (χ4v) is 2.00. The summed E-state index contributed by atoms with van der Waals surface area (Å²) in [5.74, 6) is 0. The second kappa shape index (κ2) is 5.19. The Balaban J connectivity index is 2.45. The van der Waals surface area contributed by atoms with Gasteiger partial charge in [0.2, 0.25) is 5.72 Å². The van der Waals surface area contributed by atoms with Gasteiger partial charge in [0.25, 0.3) is 0 Å². The lowest BCUT2D eigenvalue weighted by molar-refractivity contribution is -0.125. The second-order valence-electron chi connectivity index (χ2n) is 4.39. The molecule has 3 N–H and O–H groups in total. The van der Waals surface area contributed by atoms with Gasteiger partial charge in [-0.1, -0.05) is 5.11 Å². The first kappa shape index (κ1) is 14.4. The molecule has 4 atom stereocenters. The first-order valence-electron chi connectivity index (χ1n) is 5.72. The van der Waals surface area contributed by atoms with Crippen LogP contribution < -0.4 is 5.69 Å². The Bertz CT molecular complexity index is 612. The Morgan fingerprint density at radius 2 is 2.35 bits per heavy atom. The summed E-state index contributed by atoms with van der Waals surface area (Å²) in [7, 11) is 0. The zero-order chi connectivity index (χ0) is 14.9. The van der Waals surface area contributed by atoms with Gasteiger partial charge in [-0.2, -0.15) is 4.98 Å². The van der Waals surface area contributed by atoms with Crippen molar-refractivity contribution in [1.82, 2.24) is 9.55 Å². The van der Waals surface area contributed by atoms with Crippen LogP contribution in [0.1, 0.15) is 11.9 Å². The van der Waals surface area contributed by atoms with Gasteiger partial charge in [0.1, 0.15) is 12.2 Å². The molecule has 108 valence electrons. The highest BCUT2D eigenvalue weighted by molar-refractivity contribution is 5.02. The standard InChI is InChI=1S/C10H13N5O5/c1-5-2-3-15(9(19)12-5)8-6(17)7(18)10(4-16,20-8)13-14-11/h2-3,6-8,16-18H,4H2,1H3/t6-,7+,8-,10-/m1/s1. The summed E-state index contributed by atoms with van der Waals surface area (Å²) in [6.07, 6.45) is -3.23. The van der Waals surface area contributed by atoms with E-state index in [1.165, 1.54) is 12.3 Å². The minimum absolute atomic E-state index is 0.475. The van der Waals surface area contributed by atoms with E-state index in [9.17, 15) is 20.1 Å². The topological polar surface area (TPSA) is 154 Å². The molecule has 0 bridgehead atoms. The van der Waals surface area contributed by atoms with E-state index in [-0.39, 0.29) is 0 Å². The Labute approximate surface area is 112 Å². The lowest BCUT2D eigenvalue weighted by Gasteiger charge is -2.23. The summed E-state index contributed by atoms with van der Waals surface area (Å²) in [4.78, 5) is 17.9. The molecule has 2 heterocycles. The third kappa shape index (κ3) is 2.15. The van der Waals surface area contributed by atoms with Gasteiger partial charge in [-0.25, -0.2) is 4.79 Å². The van der Waals surface area contributed by atoms with Gasteiger partial charge in [0.15, 0.2) is 6.23 Å². The highest BCUT2D eigenvalue weighted by Crippen LogP contribution is 2.37. The normalized spacial score (nSPS) is 32.9. The number of azide groups is 1.